The van der Waals surface area contributed by atoms with Crippen molar-refractivity contribution in [3.8, 4) is 17.0 Å². The van der Waals surface area contributed by atoms with E-state index in [9.17, 15) is 4.79 Å². The first-order valence-corrected chi connectivity index (χ1v) is 6.98. The SMILES string of the molecule is COC(=O)c1ccc2c(c1)-c1ccc(OC)nc1CCC2. The van der Waals surface area contributed by atoms with Gasteiger partial charge in [0, 0.05) is 11.6 Å². The highest BCUT2D eigenvalue weighted by molar-refractivity contribution is 5.91. The number of esters is 1. The van der Waals surface area contributed by atoms with Gasteiger partial charge in [0.05, 0.1) is 25.5 Å². The van der Waals surface area contributed by atoms with Crippen LogP contribution in [0.25, 0.3) is 11.1 Å². The van der Waals surface area contributed by atoms with Gasteiger partial charge in [0.2, 0.25) is 5.88 Å². The van der Waals surface area contributed by atoms with Gasteiger partial charge in [-0.25, -0.2) is 9.78 Å². The maximum atomic E-state index is 11.7. The molecule has 4 heteroatoms. The minimum atomic E-state index is -0.315. The number of benzene rings is 1. The number of carbonyl (C=O) groups is 1. The van der Waals surface area contributed by atoms with E-state index in [0.29, 0.717) is 11.4 Å². The second-order valence-corrected chi connectivity index (χ2v) is 5.06. The molecule has 0 saturated heterocycles. The van der Waals surface area contributed by atoms with Gasteiger partial charge < -0.3 is 9.47 Å². The number of pyridine rings is 1. The molecule has 0 bridgehead atoms. The lowest BCUT2D eigenvalue weighted by molar-refractivity contribution is 0.0601. The van der Waals surface area contributed by atoms with Crippen molar-refractivity contribution in [1.29, 1.82) is 0 Å². The van der Waals surface area contributed by atoms with Crippen LogP contribution in [0, 0.1) is 0 Å². The Morgan fingerprint density at radius 2 is 1.95 bits per heavy atom. The third-order valence-corrected chi connectivity index (χ3v) is 3.84. The van der Waals surface area contributed by atoms with Gasteiger partial charge in [-0.2, -0.15) is 0 Å². The smallest absolute Gasteiger partial charge is 0.337 e. The molecule has 1 aromatic heterocycles. The van der Waals surface area contributed by atoms with Crippen LogP contribution in [0.1, 0.15) is 28.0 Å². The van der Waals surface area contributed by atoms with Crippen molar-refractivity contribution < 1.29 is 14.3 Å². The molecule has 0 amide bonds. The number of carbonyl (C=O) groups excluding carboxylic acids is 1. The maximum Gasteiger partial charge on any atom is 0.337 e. The van der Waals surface area contributed by atoms with Crippen LogP contribution < -0.4 is 4.74 Å². The van der Waals surface area contributed by atoms with Crippen LogP contribution in [-0.4, -0.2) is 25.2 Å². The summed E-state index contributed by atoms with van der Waals surface area (Å²) in [6, 6.07) is 9.62. The van der Waals surface area contributed by atoms with Crippen LogP contribution in [0.5, 0.6) is 5.88 Å². The second kappa shape index (κ2) is 5.56. The Morgan fingerprint density at radius 3 is 2.71 bits per heavy atom. The number of aryl methyl sites for hydroxylation is 2. The lowest BCUT2D eigenvalue weighted by Crippen LogP contribution is -2.02. The monoisotopic (exact) mass is 283 g/mol. The van der Waals surface area contributed by atoms with Gasteiger partial charge in [-0.15, -0.1) is 0 Å². The maximum absolute atomic E-state index is 11.7. The molecule has 1 aromatic carbocycles. The highest BCUT2D eigenvalue weighted by Gasteiger charge is 2.18. The molecule has 0 radical (unpaired) electrons. The summed E-state index contributed by atoms with van der Waals surface area (Å²) in [4.78, 5) is 16.3. The Hall–Kier alpha value is -2.36. The standard InChI is InChI=1S/C17H17NO3/c1-20-16-9-8-13-14-10-12(17(19)21-2)7-6-11(14)4-3-5-15(13)18-16/h6-10H,3-5H2,1-2H3. The average molecular weight is 283 g/mol. The van der Waals surface area contributed by atoms with E-state index in [4.69, 9.17) is 9.47 Å². The predicted molar refractivity (Wildman–Crippen MR) is 79.6 cm³/mol. The van der Waals surface area contributed by atoms with Crippen LogP contribution in [0.2, 0.25) is 0 Å². The molecular formula is C17H17NO3. The van der Waals surface area contributed by atoms with Gasteiger partial charge in [0.1, 0.15) is 0 Å². The summed E-state index contributed by atoms with van der Waals surface area (Å²) < 4.78 is 10.0. The van der Waals surface area contributed by atoms with Crippen molar-refractivity contribution in [3.05, 3.63) is 47.2 Å². The van der Waals surface area contributed by atoms with Crippen LogP contribution in [0.4, 0.5) is 0 Å². The number of hydrogen-bond acceptors (Lipinski definition) is 4. The number of fused-ring (bicyclic) bond motifs is 3. The lowest BCUT2D eigenvalue weighted by Gasteiger charge is -2.11. The number of aromatic nitrogens is 1. The molecule has 4 nitrogen and oxygen atoms in total. The van der Waals surface area contributed by atoms with Gasteiger partial charge in [-0.1, -0.05) is 6.07 Å². The zero-order valence-corrected chi connectivity index (χ0v) is 12.2. The van der Waals surface area contributed by atoms with Gasteiger partial charge in [-0.05, 0) is 48.6 Å². The number of hydrogen-bond donors (Lipinski definition) is 0. The van der Waals surface area contributed by atoms with Crippen LogP contribution in [0.15, 0.2) is 30.3 Å². The summed E-state index contributed by atoms with van der Waals surface area (Å²) >= 11 is 0. The molecule has 2 aromatic rings. The average Bonchev–Trinajstić information content (AvgIpc) is 2.71. The van der Waals surface area contributed by atoms with Crippen molar-refractivity contribution >= 4 is 5.97 Å². The molecule has 1 aliphatic carbocycles. The largest absolute Gasteiger partial charge is 0.481 e. The first-order chi connectivity index (χ1) is 10.2. The molecule has 21 heavy (non-hydrogen) atoms. The van der Waals surface area contributed by atoms with Crippen molar-refractivity contribution in [3.63, 3.8) is 0 Å². The predicted octanol–water partition coefficient (Wildman–Crippen LogP) is 3.03. The highest BCUT2D eigenvalue weighted by atomic mass is 16.5. The van der Waals surface area contributed by atoms with E-state index in [0.717, 1.165) is 36.1 Å². The molecule has 0 saturated carbocycles. The fraction of sp³-hybridized carbons (Fsp3) is 0.294. The second-order valence-electron chi connectivity index (χ2n) is 5.06. The fourth-order valence-electron chi connectivity index (χ4n) is 2.77. The van der Waals surface area contributed by atoms with Crippen molar-refractivity contribution in [2.45, 2.75) is 19.3 Å². The highest BCUT2D eigenvalue weighted by Crippen LogP contribution is 2.33. The van der Waals surface area contributed by atoms with Gasteiger partial charge >= 0.3 is 5.97 Å². The summed E-state index contributed by atoms with van der Waals surface area (Å²) in [5.41, 5.74) is 4.98. The van der Waals surface area contributed by atoms with Crippen molar-refractivity contribution in [2.75, 3.05) is 14.2 Å². The first kappa shape index (κ1) is 13.6. The molecule has 1 heterocycles. The Balaban J connectivity index is 2.15. The van der Waals surface area contributed by atoms with Gasteiger partial charge in [0.15, 0.2) is 0 Å². The zero-order chi connectivity index (χ0) is 14.8. The molecule has 0 fully saturated rings. The molecule has 0 aliphatic heterocycles. The Morgan fingerprint density at radius 1 is 1.10 bits per heavy atom. The summed E-state index contributed by atoms with van der Waals surface area (Å²) in [7, 11) is 3.02. The minimum Gasteiger partial charge on any atom is -0.481 e. The van der Waals surface area contributed by atoms with E-state index in [1.807, 2.05) is 30.3 Å². The molecule has 1 aliphatic rings. The summed E-state index contributed by atoms with van der Waals surface area (Å²) in [5.74, 6) is 0.311. The fourth-order valence-corrected chi connectivity index (χ4v) is 2.77. The molecule has 3 rings (SSSR count). The van der Waals surface area contributed by atoms with Gasteiger partial charge in [0.25, 0.3) is 0 Å². The summed E-state index contributed by atoms with van der Waals surface area (Å²) in [5, 5.41) is 0. The number of ether oxygens (including phenoxy) is 2. The van der Waals surface area contributed by atoms with E-state index in [-0.39, 0.29) is 5.97 Å². The quantitative estimate of drug-likeness (QED) is 0.795. The topological polar surface area (TPSA) is 48.4 Å². The molecule has 0 N–H and O–H groups in total. The Labute approximate surface area is 123 Å². The first-order valence-electron chi connectivity index (χ1n) is 6.98. The number of methoxy groups -OCH3 is 2. The number of nitrogens with zero attached hydrogens (tertiary/aromatic N) is 1. The number of rotatable bonds is 2. The Kier molecular flexibility index (Phi) is 3.60. The van der Waals surface area contributed by atoms with E-state index in [1.54, 1.807) is 7.11 Å². The molecule has 0 spiro atoms. The molecule has 0 atom stereocenters. The van der Waals surface area contributed by atoms with Crippen LogP contribution >= 0.6 is 0 Å². The van der Waals surface area contributed by atoms with Crippen molar-refractivity contribution in [1.82, 2.24) is 4.98 Å². The molecule has 0 unspecified atom stereocenters. The third-order valence-electron chi connectivity index (χ3n) is 3.84. The zero-order valence-electron chi connectivity index (χ0n) is 12.2. The Bertz CT molecular complexity index is 694. The van der Waals surface area contributed by atoms with Gasteiger partial charge in [-0.3, -0.25) is 0 Å². The summed E-state index contributed by atoms with van der Waals surface area (Å²) in [6.45, 7) is 0. The van der Waals surface area contributed by atoms with Crippen molar-refractivity contribution in [2.24, 2.45) is 0 Å². The van der Waals surface area contributed by atoms with E-state index >= 15 is 0 Å². The van der Waals surface area contributed by atoms with E-state index < -0.39 is 0 Å². The van der Waals surface area contributed by atoms with Crippen LogP contribution in [-0.2, 0) is 17.6 Å². The third kappa shape index (κ3) is 2.49. The lowest BCUT2D eigenvalue weighted by atomic mass is 9.96. The minimum absolute atomic E-state index is 0.315. The molecule has 108 valence electrons. The normalized spacial score (nSPS) is 12.9. The molecular weight excluding hydrogens is 266 g/mol. The van der Waals surface area contributed by atoms with Crippen LogP contribution in [0.3, 0.4) is 0 Å². The summed E-state index contributed by atoms with van der Waals surface area (Å²) in [6.07, 6.45) is 2.93. The van der Waals surface area contributed by atoms with E-state index in [1.165, 1.54) is 12.7 Å². The van der Waals surface area contributed by atoms with E-state index in [2.05, 4.69) is 4.98 Å².